The van der Waals surface area contributed by atoms with E-state index >= 15 is 0 Å². The fourth-order valence-corrected chi connectivity index (χ4v) is 9.15. The van der Waals surface area contributed by atoms with Gasteiger partial charge in [0.15, 0.2) is 11.6 Å². The van der Waals surface area contributed by atoms with Gasteiger partial charge in [-0.15, -0.1) is 0 Å². The van der Waals surface area contributed by atoms with Crippen LogP contribution in [0.25, 0.3) is 116 Å². The van der Waals surface area contributed by atoms with E-state index in [0.717, 1.165) is 95.1 Å². The summed E-state index contributed by atoms with van der Waals surface area (Å²) >= 11 is 6.81. The number of allylic oxidation sites excluding steroid dienone is 4. The van der Waals surface area contributed by atoms with Gasteiger partial charge in [-0.2, -0.15) is 9.97 Å². The van der Waals surface area contributed by atoms with Gasteiger partial charge >= 0.3 is 0 Å². The van der Waals surface area contributed by atoms with Gasteiger partial charge in [0, 0.05) is 38.1 Å². The van der Waals surface area contributed by atoms with Crippen LogP contribution in [0.3, 0.4) is 0 Å². The maximum atomic E-state index is 6.81. The standard InChI is InChI=1S/C51H30ClN3O2/c52-51-54-49(38-20-10-19-36-34-15-5-4-14-32(34)33-16-6-7-17-35(33)46(36)38)53-50(55-51)39-21-11-23-44-48(39)41-26-30(24-25-43(41)56-44)31-27-40(29-12-2-1-3-13-29)47-37-18-8-9-22-42(37)57-45(47)28-31/h2,4-28H,1,3H2. The van der Waals surface area contributed by atoms with Gasteiger partial charge in [0.1, 0.15) is 22.3 Å². The molecule has 3 heterocycles. The van der Waals surface area contributed by atoms with E-state index in [-0.39, 0.29) is 5.28 Å². The summed E-state index contributed by atoms with van der Waals surface area (Å²) in [6.45, 7) is 0. The summed E-state index contributed by atoms with van der Waals surface area (Å²) in [5, 5.41) is 11.2. The molecule has 8 aromatic carbocycles. The minimum atomic E-state index is 0.125. The Morgan fingerprint density at radius 2 is 1.02 bits per heavy atom. The molecule has 0 atom stereocenters. The van der Waals surface area contributed by atoms with Crippen molar-refractivity contribution in [1.29, 1.82) is 0 Å². The van der Waals surface area contributed by atoms with Crippen molar-refractivity contribution in [2.45, 2.75) is 12.8 Å². The third-order valence-electron chi connectivity index (χ3n) is 11.5. The quantitative estimate of drug-likeness (QED) is 0.168. The molecule has 0 fully saturated rings. The van der Waals surface area contributed by atoms with Crippen LogP contribution in [0, 0.1) is 0 Å². The molecular formula is C51H30ClN3O2. The number of aromatic nitrogens is 3. The fraction of sp³-hybridized carbons (Fsp3) is 0.0392. The Balaban J connectivity index is 1.06. The minimum absolute atomic E-state index is 0.125. The molecule has 0 aliphatic heterocycles. The maximum Gasteiger partial charge on any atom is 0.226 e. The number of halogens is 1. The van der Waals surface area contributed by atoms with Crippen LogP contribution in [-0.4, -0.2) is 15.0 Å². The zero-order chi connectivity index (χ0) is 37.6. The smallest absolute Gasteiger partial charge is 0.226 e. The molecule has 0 saturated carbocycles. The van der Waals surface area contributed by atoms with Crippen LogP contribution in [0.2, 0.25) is 5.28 Å². The van der Waals surface area contributed by atoms with Crippen LogP contribution in [-0.2, 0) is 0 Å². The van der Waals surface area contributed by atoms with Crippen molar-refractivity contribution in [2.24, 2.45) is 0 Å². The largest absolute Gasteiger partial charge is 0.456 e. The molecule has 1 aliphatic carbocycles. The maximum absolute atomic E-state index is 6.81. The summed E-state index contributed by atoms with van der Waals surface area (Å²) in [6, 6.07) is 48.5. The van der Waals surface area contributed by atoms with E-state index in [1.165, 1.54) is 27.3 Å². The molecule has 0 saturated heterocycles. The van der Waals surface area contributed by atoms with E-state index < -0.39 is 0 Å². The summed E-state index contributed by atoms with van der Waals surface area (Å²) in [5.41, 5.74) is 9.47. The van der Waals surface area contributed by atoms with Crippen molar-refractivity contribution >= 4 is 93.4 Å². The highest BCUT2D eigenvalue weighted by Crippen LogP contribution is 2.43. The SMILES string of the molecule is Clc1nc(-c2cccc3oc4ccc(-c5cc(C6=CCCC=C6)c6c(c5)oc5ccccc56)cc4c23)nc(-c2cccc3c4ccccc4c4ccccc4c23)n1. The van der Waals surface area contributed by atoms with Crippen molar-refractivity contribution < 1.29 is 8.83 Å². The lowest BCUT2D eigenvalue weighted by Crippen LogP contribution is -1.98. The fourth-order valence-electron chi connectivity index (χ4n) is 8.99. The molecule has 0 spiro atoms. The molecule has 0 N–H and O–H groups in total. The Hall–Kier alpha value is -7.08. The summed E-state index contributed by atoms with van der Waals surface area (Å²) < 4.78 is 13.0. The summed E-state index contributed by atoms with van der Waals surface area (Å²) in [7, 11) is 0. The molecule has 5 nitrogen and oxygen atoms in total. The molecule has 1 aliphatic rings. The Kier molecular flexibility index (Phi) is 7.04. The van der Waals surface area contributed by atoms with Gasteiger partial charge in [-0.25, -0.2) is 4.98 Å². The predicted molar refractivity (Wildman–Crippen MR) is 235 cm³/mol. The van der Waals surface area contributed by atoms with E-state index in [0.29, 0.717) is 11.6 Å². The van der Waals surface area contributed by atoms with Crippen molar-refractivity contribution in [3.63, 3.8) is 0 Å². The Morgan fingerprint density at radius 1 is 0.421 bits per heavy atom. The van der Waals surface area contributed by atoms with E-state index in [9.17, 15) is 0 Å². The molecule has 11 aromatic rings. The van der Waals surface area contributed by atoms with Gasteiger partial charge < -0.3 is 8.83 Å². The zero-order valence-corrected chi connectivity index (χ0v) is 31.2. The monoisotopic (exact) mass is 751 g/mol. The van der Waals surface area contributed by atoms with Crippen LogP contribution >= 0.6 is 11.6 Å². The van der Waals surface area contributed by atoms with E-state index in [4.69, 9.17) is 35.4 Å². The number of hydrogen-bond donors (Lipinski definition) is 0. The van der Waals surface area contributed by atoms with Crippen LogP contribution in [0.5, 0.6) is 0 Å². The van der Waals surface area contributed by atoms with Crippen LogP contribution < -0.4 is 0 Å². The van der Waals surface area contributed by atoms with Crippen molar-refractivity contribution in [1.82, 2.24) is 15.0 Å². The summed E-state index contributed by atoms with van der Waals surface area (Å²) in [5.74, 6) is 0.993. The molecular weight excluding hydrogens is 722 g/mol. The molecule has 268 valence electrons. The molecule has 6 heteroatoms. The molecule has 0 amide bonds. The second-order valence-electron chi connectivity index (χ2n) is 14.7. The molecule has 0 radical (unpaired) electrons. The highest BCUT2D eigenvalue weighted by Gasteiger charge is 2.21. The number of benzene rings is 8. The van der Waals surface area contributed by atoms with E-state index in [1.54, 1.807) is 0 Å². The number of nitrogens with zero attached hydrogens (tertiary/aromatic N) is 3. The van der Waals surface area contributed by atoms with Gasteiger partial charge in [0.2, 0.25) is 5.28 Å². The van der Waals surface area contributed by atoms with Gasteiger partial charge in [0.05, 0.1) is 0 Å². The number of para-hydroxylation sites is 1. The van der Waals surface area contributed by atoms with Gasteiger partial charge in [0.25, 0.3) is 0 Å². The third-order valence-corrected chi connectivity index (χ3v) is 11.6. The first kappa shape index (κ1) is 32.2. The Morgan fingerprint density at radius 3 is 1.77 bits per heavy atom. The van der Waals surface area contributed by atoms with Crippen LogP contribution in [0.4, 0.5) is 0 Å². The lowest BCUT2D eigenvalue weighted by Gasteiger charge is -2.14. The highest BCUT2D eigenvalue weighted by molar-refractivity contribution is 6.29. The average Bonchev–Trinajstić information content (AvgIpc) is 3.84. The number of fused-ring (bicyclic) bond motifs is 12. The molecule has 0 bridgehead atoms. The molecule has 57 heavy (non-hydrogen) atoms. The molecule has 12 rings (SSSR count). The predicted octanol–water partition coefficient (Wildman–Crippen LogP) is 14.5. The van der Waals surface area contributed by atoms with Crippen LogP contribution in [0.1, 0.15) is 18.4 Å². The first-order chi connectivity index (χ1) is 28.2. The van der Waals surface area contributed by atoms with Gasteiger partial charge in [-0.05, 0) is 110 Å². The van der Waals surface area contributed by atoms with E-state index in [1.807, 2.05) is 36.4 Å². The van der Waals surface area contributed by atoms with Gasteiger partial charge in [-0.3, -0.25) is 0 Å². The number of furan rings is 2. The van der Waals surface area contributed by atoms with Crippen molar-refractivity contribution in [3.8, 4) is 33.9 Å². The number of hydrogen-bond acceptors (Lipinski definition) is 5. The minimum Gasteiger partial charge on any atom is -0.456 e. The van der Waals surface area contributed by atoms with Crippen molar-refractivity contribution in [2.75, 3.05) is 0 Å². The molecule has 0 unspecified atom stereocenters. The topological polar surface area (TPSA) is 65.0 Å². The lowest BCUT2D eigenvalue weighted by atomic mass is 9.91. The first-order valence-corrected chi connectivity index (χ1v) is 19.6. The first-order valence-electron chi connectivity index (χ1n) is 19.2. The second kappa shape index (κ2) is 12.5. The Labute approximate surface area is 331 Å². The van der Waals surface area contributed by atoms with Crippen molar-refractivity contribution in [3.05, 3.63) is 169 Å². The van der Waals surface area contributed by atoms with Gasteiger partial charge in [-0.1, -0.05) is 121 Å². The average molecular weight is 752 g/mol. The normalized spacial score (nSPS) is 13.2. The highest BCUT2D eigenvalue weighted by atomic mass is 35.5. The second-order valence-corrected chi connectivity index (χ2v) is 15.0. The summed E-state index contributed by atoms with van der Waals surface area (Å²) in [6.07, 6.45) is 8.88. The summed E-state index contributed by atoms with van der Waals surface area (Å²) in [4.78, 5) is 14.6. The van der Waals surface area contributed by atoms with E-state index in [2.05, 4.69) is 121 Å². The third kappa shape index (κ3) is 4.99. The van der Waals surface area contributed by atoms with Crippen LogP contribution in [0.15, 0.2) is 167 Å². The Bertz CT molecular complexity index is 3510. The molecule has 3 aromatic heterocycles. The lowest BCUT2D eigenvalue weighted by molar-refractivity contribution is 0.669. The zero-order valence-electron chi connectivity index (χ0n) is 30.5. The number of rotatable bonds is 4.